The molecule has 2 aromatic carbocycles. The summed E-state index contributed by atoms with van der Waals surface area (Å²) in [4.78, 5) is 32.4. The second-order valence-electron chi connectivity index (χ2n) is 12.6. The summed E-state index contributed by atoms with van der Waals surface area (Å²) in [6.07, 6.45) is 6.18. The smallest absolute Gasteiger partial charge is 0.324 e. The second kappa shape index (κ2) is 14.6. The van der Waals surface area contributed by atoms with Crippen molar-refractivity contribution in [3.05, 3.63) is 89.6 Å². The number of likely N-dealkylation sites (tertiary alicyclic amines) is 1. The van der Waals surface area contributed by atoms with Gasteiger partial charge in [0.1, 0.15) is 23.1 Å². The van der Waals surface area contributed by atoms with Crippen LogP contribution in [0.2, 0.25) is 0 Å². The van der Waals surface area contributed by atoms with Crippen molar-refractivity contribution in [1.29, 1.82) is 0 Å². The summed E-state index contributed by atoms with van der Waals surface area (Å²) < 4.78 is 22.3. The lowest BCUT2D eigenvalue weighted by Crippen LogP contribution is -2.26. The molecule has 3 amide bonds. The van der Waals surface area contributed by atoms with E-state index in [4.69, 9.17) is 9.84 Å². The number of rotatable bonds is 11. The van der Waals surface area contributed by atoms with Gasteiger partial charge in [-0.1, -0.05) is 20.8 Å². The number of hydrogen-bond donors (Lipinski definition) is 3. The normalized spacial score (nSPS) is 13.4. The van der Waals surface area contributed by atoms with Crippen LogP contribution < -0.4 is 20.7 Å². The van der Waals surface area contributed by atoms with Gasteiger partial charge in [0.05, 0.1) is 17.1 Å². The number of unbranched alkanes of at least 4 members (excludes halogenated alkanes) is 1. The van der Waals surface area contributed by atoms with E-state index < -0.39 is 11.8 Å². The zero-order valence-corrected chi connectivity index (χ0v) is 26.9. The van der Waals surface area contributed by atoms with Gasteiger partial charge in [-0.2, -0.15) is 5.10 Å². The van der Waals surface area contributed by atoms with Crippen LogP contribution in [0.25, 0.3) is 5.69 Å². The summed E-state index contributed by atoms with van der Waals surface area (Å²) in [6, 6.07) is 15.8. The Labute approximate surface area is 269 Å². The maximum Gasteiger partial charge on any atom is 0.324 e. The van der Waals surface area contributed by atoms with Crippen molar-refractivity contribution < 1.29 is 18.7 Å². The molecule has 0 atom stereocenters. The Hall–Kier alpha value is -4.77. The molecule has 5 rings (SSSR count). The summed E-state index contributed by atoms with van der Waals surface area (Å²) in [5.41, 5.74) is 2.41. The number of urea groups is 1. The molecule has 0 radical (unpaired) electrons. The Morgan fingerprint density at radius 2 is 1.67 bits per heavy atom. The van der Waals surface area contributed by atoms with Gasteiger partial charge in [0.2, 0.25) is 0 Å². The Morgan fingerprint density at radius 3 is 2.37 bits per heavy atom. The summed E-state index contributed by atoms with van der Waals surface area (Å²) in [7, 11) is 0. The first-order valence-electron chi connectivity index (χ1n) is 15.7. The number of anilines is 2. The lowest BCUT2D eigenvalue weighted by molar-refractivity contribution is 0.0952. The number of carbonyl (C=O) groups excluding carboxylic acids is 2. The van der Waals surface area contributed by atoms with E-state index in [0.29, 0.717) is 29.4 Å². The topological polar surface area (TPSA) is 113 Å². The molecule has 0 bridgehead atoms. The highest BCUT2D eigenvalue weighted by Crippen LogP contribution is 2.28. The number of amides is 3. The standard InChI is InChI=1S/C35H42FN7O3/c1-24-21-28(15-17-37-24)46-27-13-14-30(29(36)22-27)39-34(45)40-32-23-31(35(2,3)4)41-43(32)26-11-9-25(10-12-26)33(44)38-16-5-6-18-42-19-7-8-20-42/h9-15,17,21-23H,5-8,16,18-20H2,1-4H3,(H,38,44)(H2,39,40,45). The van der Waals surface area contributed by atoms with Crippen molar-refractivity contribution in [3.8, 4) is 17.2 Å². The molecule has 4 aromatic rings. The first kappa shape index (κ1) is 32.6. The molecule has 0 aliphatic carbocycles. The molecule has 1 fully saturated rings. The predicted molar refractivity (Wildman–Crippen MR) is 178 cm³/mol. The Morgan fingerprint density at radius 1 is 0.935 bits per heavy atom. The molecule has 2 aromatic heterocycles. The fourth-order valence-electron chi connectivity index (χ4n) is 5.21. The maximum absolute atomic E-state index is 14.9. The van der Waals surface area contributed by atoms with Gasteiger partial charge in [0, 0.05) is 47.6 Å². The predicted octanol–water partition coefficient (Wildman–Crippen LogP) is 7.05. The van der Waals surface area contributed by atoms with Gasteiger partial charge in [-0.25, -0.2) is 13.9 Å². The molecule has 10 nitrogen and oxygen atoms in total. The third-order valence-corrected chi connectivity index (χ3v) is 7.77. The lowest BCUT2D eigenvalue weighted by Gasteiger charge is -2.14. The highest BCUT2D eigenvalue weighted by atomic mass is 19.1. The quantitative estimate of drug-likeness (QED) is 0.154. The minimum absolute atomic E-state index is 0.00993. The summed E-state index contributed by atoms with van der Waals surface area (Å²) in [5, 5.41) is 13.1. The average Bonchev–Trinajstić information content (AvgIpc) is 3.69. The molecule has 1 aliphatic heterocycles. The molecule has 3 N–H and O–H groups in total. The number of halogens is 1. The largest absolute Gasteiger partial charge is 0.457 e. The zero-order valence-electron chi connectivity index (χ0n) is 26.9. The molecule has 0 saturated carbocycles. The number of ether oxygens (including phenoxy) is 1. The number of benzene rings is 2. The Kier molecular flexibility index (Phi) is 10.3. The fourth-order valence-corrected chi connectivity index (χ4v) is 5.21. The van der Waals surface area contributed by atoms with E-state index in [9.17, 15) is 14.0 Å². The van der Waals surface area contributed by atoms with Crippen molar-refractivity contribution in [2.75, 3.05) is 36.8 Å². The van der Waals surface area contributed by atoms with Crippen LogP contribution in [0.4, 0.5) is 20.7 Å². The molecule has 3 heterocycles. The molecule has 242 valence electrons. The van der Waals surface area contributed by atoms with Crippen molar-refractivity contribution in [3.63, 3.8) is 0 Å². The number of nitrogens with one attached hydrogen (secondary N) is 3. The van der Waals surface area contributed by atoms with Crippen LogP contribution in [0.1, 0.15) is 68.2 Å². The molecule has 1 aliphatic rings. The molecule has 1 saturated heterocycles. The number of aromatic nitrogens is 3. The number of hydrogen-bond acceptors (Lipinski definition) is 6. The van der Waals surface area contributed by atoms with Crippen LogP contribution in [0.15, 0.2) is 66.9 Å². The van der Waals surface area contributed by atoms with E-state index in [-0.39, 0.29) is 22.8 Å². The van der Waals surface area contributed by atoms with Crippen LogP contribution >= 0.6 is 0 Å². The molecule has 0 unspecified atom stereocenters. The van der Waals surface area contributed by atoms with Gasteiger partial charge >= 0.3 is 6.03 Å². The minimum Gasteiger partial charge on any atom is -0.457 e. The van der Waals surface area contributed by atoms with E-state index in [0.717, 1.165) is 30.8 Å². The van der Waals surface area contributed by atoms with Crippen LogP contribution in [-0.2, 0) is 5.41 Å². The van der Waals surface area contributed by atoms with Crippen LogP contribution in [0, 0.1) is 12.7 Å². The van der Waals surface area contributed by atoms with E-state index in [1.54, 1.807) is 59.4 Å². The van der Waals surface area contributed by atoms with E-state index in [2.05, 4.69) is 25.8 Å². The van der Waals surface area contributed by atoms with Gasteiger partial charge < -0.3 is 20.3 Å². The van der Waals surface area contributed by atoms with Gasteiger partial charge in [0.25, 0.3) is 5.91 Å². The molecule has 11 heteroatoms. The van der Waals surface area contributed by atoms with Gasteiger partial charge in [-0.05, 0) is 94.7 Å². The molecule has 0 spiro atoms. The van der Waals surface area contributed by atoms with E-state index in [1.165, 1.54) is 38.1 Å². The van der Waals surface area contributed by atoms with Gasteiger partial charge in [-0.3, -0.25) is 15.1 Å². The average molecular weight is 628 g/mol. The van der Waals surface area contributed by atoms with E-state index >= 15 is 0 Å². The number of pyridine rings is 1. The van der Waals surface area contributed by atoms with Crippen molar-refractivity contribution in [2.45, 2.75) is 58.8 Å². The van der Waals surface area contributed by atoms with Crippen molar-refractivity contribution in [1.82, 2.24) is 25.0 Å². The Balaban J connectivity index is 1.22. The second-order valence-corrected chi connectivity index (χ2v) is 12.6. The van der Waals surface area contributed by atoms with Crippen molar-refractivity contribution in [2.24, 2.45) is 0 Å². The van der Waals surface area contributed by atoms with Gasteiger partial charge in [0.15, 0.2) is 0 Å². The number of aryl methyl sites for hydroxylation is 1. The lowest BCUT2D eigenvalue weighted by atomic mass is 9.92. The van der Waals surface area contributed by atoms with Gasteiger partial charge in [-0.15, -0.1) is 0 Å². The Bertz CT molecular complexity index is 1660. The summed E-state index contributed by atoms with van der Waals surface area (Å²) >= 11 is 0. The van der Waals surface area contributed by atoms with Crippen molar-refractivity contribution >= 4 is 23.4 Å². The summed E-state index contributed by atoms with van der Waals surface area (Å²) in [6.45, 7) is 12.0. The first-order chi connectivity index (χ1) is 22.0. The van der Waals surface area contributed by atoms with Crippen LogP contribution in [0.5, 0.6) is 11.5 Å². The third kappa shape index (κ3) is 8.69. The van der Waals surface area contributed by atoms with Crippen LogP contribution in [-0.4, -0.2) is 57.8 Å². The zero-order chi connectivity index (χ0) is 32.7. The first-order valence-corrected chi connectivity index (χ1v) is 15.7. The maximum atomic E-state index is 14.9. The number of nitrogens with zero attached hydrogens (tertiary/aromatic N) is 4. The third-order valence-electron chi connectivity index (χ3n) is 7.77. The molecule has 46 heavy (non-hydrogen) atoms. The molecular formula is C35H42FN7O3. The number of carbonyl (C=O) groups is 2. The highest BCUT2D eigenvalue weighted by Gasteiger charge is 2.22. The monoisotopic (exact) mass is 627 g/mol. The fraction of sp³-hybridized carbons (Fsp3) is 0.371. The summed E-state index contributed by atoms with van der Waals surface area (Å²) in [5.74, 6) is 0.436. The highest BCUT2D eigenvalue weighted by molar-refractivity contribution is 5.99. The van der Waals surface area contributed by atoms with E-state index in [1.807, 2.05) is 27.7 Å². The SMILES string of the molecule is Cc1cc(Oc2ccc(NC(=O)Nc3cc(C(C)(C)C)nn3-c3ccc(C(=O)NCCCCN4CCCC4)cc3)c(F)c2)ccn1. The molecular weight excluding hydrogens is 585 g/mol. The van der Waals surface area contributed by atoms with Crippen LogP contribution in [0.3, 0.4) is 0 Å². The minimum atomic E-state index is -0.650.